The highest BCUT2D eigenvalue weighted by Gasteiger charge is 2.10. The van der Waals surface area contributed by atoms with Crippen LogP contribution in [0.5, 0.6) is 0 Å². The molecule has 0 aromatic carbocycles. The molecule has 0 bridgehead atoms. The van der Waals surface area contributed by atoms with E-state index in [4.69, 9.17) is 0 Å². The van der Waals surface area contributed by atoms with E-state index >= 15 is 0 Å². The van der Waals surface area contributed by atoms with Gasteiger partial charge in [-0.15, -0.1) is 5.10 Å². The highest BCUT2D eigenvalue weighted by molar-refractivity contribution is 9.11. The Hall–Kier alpha value is -0.930. The molecule has 9 heteroatoms. The molecular weight excluding hydrogens is 410 g/mol. The molecule has 0 spiro atoms. The monoisotopic (exact) mass is 419 g/mol. The summed E-state index contributed by atoms with van der Waals surface area (Å²) >= 11 is 7.92. The summed E-state index contributed by atoms with van der Waals surface area (Å²) in [6.45, 7) is 1.98. The second-order valence-corrected chi connectivity index (χ2v) is 6.45. The molecule has 0 unspecified atom stereocenters. The van der Waals surface area contributed by atoms with Gasteiger partial charge in [0.05, 0.1) is 10.2 Å². The van der Waals surface area contributed by atoms with Crippen LogP contribution in [0.15, 0.2) is 26.4 Å². The van der Waals surface area contributed by atoms with Crippen LogP contribution in [0.25, 0.3) is 0 Å². The average Bonchev–Trinajstić information content (AvgIpc) is 2.88. The largest absolute Gasteiger partial charge is 0.309 e. The van der Waals surface area contributed by atoms with Crippen molar-refractivity contribution in [1.29, 1.82) is 0 Å². The number of rotatable bonds is 5. The number of aromatic amines is 1. The van der Waals surface area contributed by atoms with Crippen molar-refractivity contribution in [3.8, 4) is 0 Å². The molecule has 2 aromatic heterocycles. The predicted molar refractivity (Wildman–Crippen MR) is 84.8 cm³/mol. The molecule has 0 atom stereocenters. The lowest BCUT2D eigenvalue weighted by atomic mass is 10.4. The number of hydrogen-bond acceptors (Lipinski definition) is 5. The summed E-state index contributed by atoms with van der Waals surface area (Å²) in [5, 5.41) is 10.1. The topological polar surface area (TPSA) is 83.6 Å². The minimum absolute atomic E-state index is 0.159. The molecule has 0 aliphatic rings. The van der Waals surface area contributed by atoms with E-state index in [0.717, 1.165) is 21.2 Å². The lowest BCUT2D eigenvalue weighted by Gasteiger charge is -2.05. The van der Waals surface area contributed by atoms with E-state index in [0.29, 0.717) is 11.0 Å². The van der Waals surface area contributed by atoms with Crippen LogP contribution < -0.4 is 5.32 Å². The smallest absolute Gasteiger partial charge is 0.236 e. The summed E-state index contributed by atoms with van der Waals surface area (Å²) in [6, 6.07) is 1.82. The first-order valence-electron chi connectivity index (χ1n) is 5.73. The van der Waals surface area contributed by atoms with Gasteiger partial charge < -0.3 is 5.32 Å². The van der Waals surface area contributed by atoms with Gasteiger partial charge in [0.15, 0.2) is 0 Å². The zero-order valence-corrected chi connectivity index (χ0v) is 14.5. The molecule has 0 saturated carbocycles. The number of H-pyrrole nitrogens is 1. The fourth-order valence-corrected chi connectivity index (χ4v) is 3.01. The molecular formula is C11H11Br2N5OS. The normalized spacial score (nSPS) is 10.6. The Labute approximate surface area is 136 Å². The highest BCUT2D eigenvalue weighted by atomic mass is 79.9. The van der Waals surface area contributed by atoms with Crippen LogP contribution in [0.1, 0.15) is 12.7 Å². The van der Waals surface area contributed by atoms with Crippen molar-refractivity contribution in [3.05, 3.63) is 27.0 Å². The number of hydrogen-bond donors (Lipinski definition) is 2. The van der Waals surface area contributed by atoms with Crippen LogP contribution >= 0.6 is 43.6 Å². The summed E-state index contributed by atoms with van der Waals surface area (Å²) in [5.74, 6) is 1.37. The number of halogens is 2. The number of pyridine rings is 1. The highest BCUT2D eigenvalue weighted by Crippen LogP contribution is 2.23. The maximum atomic E-state index is 11.8. The third-order valence-electron chi connectivity index (χ3n) is 2.24. The SMILES string of the molecule is CCc1nc(SCC(=O)Nc2ncc(Br)cc2Br)n[nH]1. The number of nitrogens with zero attached hydrogens (tertiary/aromatic N) is 3. The lowest BCUT2D eigenvalue weighted by Crippen LogP contribution is -2.15. The van der Waals surface area contributed by atoms with E-state index in [2.05, 4.69) is 57.3 Å². The second-order valence-electron chi connectivity index (χ2n) is 3.74. The van der Waals surface area contributed by atoms with Crippen molar-refractivity contribution in [3.63, 3.8) is 0 Å². The second kappa shape index (κ2) is 7.19. The van der Waals surface area contributed by atoms with Crippen LogP contribution in [0.4, 0.5) is 5.82 Å². The van der Waals surface area contributed by atoms with Crippen LogP contribution in [0.3, 0.4) is 0 Å². The van der Waals surface area contributed by atoms with Crippen molar-refractivity contribution < 1.29 is 4.79 Å². The van der Waals surface area contributed by atoms with Crippen LogP contribution in [-0.2, 0) is 11.2 Å². The summed E-state index contributed by atoms with van der Waals surface area (Å²) in [7, 11) is 0. The van der Waals surface area contributed by atoms with Gasteiger partial charge in [0.1, 0.15) is 11.6 Å². The quantitative estimate of drug-likeness (QED) is 0.726. The Kier molecular flexibility index (Phi) is 5.55. The van der Waals surface area contributed by atoms with Crippen LogP contribution in [0.2, 0.25) is 0 Å². The van der Waals surface area contributed by atoms with E-state index in [-0.39, 0.29) is 11.7 Å². The Morgan fingerprint density at radius 3 is 2.95 bits per heavy atom. The molecule has 0 fully saturated rings. The maximum Gasteiger partial charge on any atom is 0.236 e. The van der Waals surface area contributed by atoms with Crippen LogP contribution in [0, 0.1) is 0 Å². The Balaban J connectivity index is 1.89. The molecule has 2 heterocycles. The Morgan fingerprint density at radius 1 is 1.50 bits per heavy atom. The molecule has 1 amide bonds. The molecule has 6 nitrogen and oxygen atoms in total. The average molecular weight is 421 g/mol. The summed E-state index contributed by atoms with van der Waals surface area (Å²) < 4.78 is 1.56. The molecule has 0 aliphatic carbocycles. The van der Waals surface area contributed by atoms with Crippen molar-refractivity contribution in [2.45, 2.75) is 18.5 Å². The van der Waals surface area contributed by atoms with Crippen molar-refractivity contribution >= 4 is 55.3 Å². The van der Waals surface area contributed by atoms with E-state index in [1.807, 2.05) is 13.0 Å². The zero-order valence-electron chi connectivity index (χ0n) is 10.5. The van der Waals surface area contributed by atoms with Crippen molar-refractivity contribution in [2.75, 3.05) is 11.1 Å². The summed E-state index contributed by atoms with van der Waals surface area (Å²) in [6.07, 6.45) is 2.41. The van der Waals surface area contributed by atoms with E-state index < -0.39 is 0 Å². The van der Waals surface area contributed by atoms with E-state index in [1.165, 1.54) is 11.8 Å². The van der Waals surface area contributed by atoms with Gasteiger partial charge in [-0.25, -0.2) is 9.97 Å². The standard InChI is InChI=1S/C11H11Br2N5OS/c1-2-8-15-11(18-17-8)20-5-9(19)16-10-7(13)3-6(12)4-14-10/h3-4H,2,5H2,1H3,(H,14,16,19)(H,15,17,18). The summed E-state index contributed by atoms with van der Waals surface area (Å²) in [4.78, 5) is 20.2. The molecule has 0 saturated heterocycles. The number of nitrogens with one attached hydrogen (secondary N) is 2. The number of anilines is 1. The van der Waals surface area contributed by atoms with Gasteiger partial charge in [0, 0.05) is 17.1 Å². The molecule has 0 radical (unpaired) electrons. The first kappa shape index (κ1) is 15.5. The van der Waals surface area contributed by atoms with E-state index in [9.17, 15) is 4.79 Å². The first-order valence-corrected chi connectivity index (χ1v) is 8.30. The van der Waals surface area contributed by atoms with Gasteiger partial charge in [-0.05, 0) is 37.9 Å². The van der Waals surface area contributed by atoms with Crippen LogP contribution in [-0.4, -0.2) is 31.8 Å². The van der Waals surface area contributed by atoms with Gasteiger partial charge in [-0.2, -0.15) is 0 Å². The summed E-state index contributed by atoms with van der Waals surface area (Å²) in [5.41, 5.74) is 0. The molecule has 20 heavy (non-hydrogen) atoms. The van der Waals surface area contributed by atoms with E-state index in [1.54, 1.807) is 6.20 Å². The minimum atomic E-state index is -0.159. The maximum absolute atomic E-state index is 11.8. The number of carbonyl (C=O) groups is 1. The fourth-order valence-electron chi connectivity index (χ4n) is 1.31. The molecule has 2 N–H and O–H groups in total. The number of aromatic nitrogens is 4. The molecule has 2 rings (SSSR count). The van der Waals surface area contributed by atoms with Gasteiger partial charge in [0.2, 0.25) is 11.1 Å². The van der Waals surface area contributed by atoms with Gasteiger partial charge in [-0.3, -0.25) is 9.89 Å². The first-order chi connectivity index (χ1) is 9.58. The predicted octanol–water partition coefficient (Wildman–Crippen LogP) is 3.02. The lowest BCUT2D eigenvalue weighted by molar-refractivity contribution is -0.113. The Bertz CT molecular complexity index is 619. The molecule has 106 valence electrons. The number of thioether (sulfide) groups is 1. The van der Waals surface area contributed by atoms with Crippen molar-refractivity contribution in [1.82, 2.24) is 20.2 Å². The van der Waals surface area contributed by atoms with Gasteiger partial charge in [-0.1, -0.05) is 18.7 Å². The van der Waals surface area contributed by atoms with Crippen molar-refractivity contribution in [2.24, 2.45) is 0 Å². The molecule has 0 aliphatic heterocycles. The van der Waals surface area contributed by atoms with Gasteiger partial charge in [0.25, 0.3) is 0 Å². The number of carbonyl (C=O) groups excluding carboxylic acids is 1. The minimum Gasteiger partial charge on any atom is -0.309 e. The Morgan fingerprint density at radius 2 is 2.30 bits per heavy atom. The third kappa shape index (κ3) is 4.29. The number of amides is 1. The fraction of sp³-hybridized carbons (Fsp3) is 0.273. The number of aryl methyl sites for hydroxylation is 1. The zero-order chi connectivity index (χ0) is 14.5. The molecule has 2 aromatic rings. The third-order valence-corrected chi connectivity index (χ3v) is 4.13. The van der Waals surface area contributed by atoms with Gasteiger partial charge >= 0.3 is 0 Å².